The predicted octanol–water partition coefficient (Wildman–Crippen LogP) is 2.06. The Morgan fingerprint density at radius 1 is 1.18 bits per heavy atom. The van der Waals surface area contributed by atoms with Gasteiger partial charge < -0.3 is 15.4 Å². The molecule has 2 N–H and O–H groups in total. The molecule has 1 saturated heterocycles. The number of likely N-dealkylation sites (N-methyl/N-ethyl adjacent to an activating group) is 1. The van der Waals surface area contributed by atoms with E-state index < -0.39 is 32.2 Å². The van der Waals surface area contributed by atoms with Gasteiger partial charge in [-0.25, -0.2) is 17.8 Å². The van der Waals surface area contributed by atoms with Crippen LogP contribution in [0.3, 0.4) is 0 Å². The lowest BCUT2D eigenvalue weighted by Crippen LogP contribution is -2.51. The number of fused-ring (bicyclic) bond motifs is 1. The van der Waals surface area contributed by atoms with Gasteiger partial charge in [0.15, 0.2) is 21.5 Å². The van der Waals surface area contributed by atoms with Crippen LogP contribution in [-0.4, -0.2) is 84.2 Å². The van der Waals surface area contributed by atoms with E-state index in [4.69, 9.17) is 10.5 Å². The number of anilines is 1. The van der Waals surface area contributed by atoms with Gasteiger partial charge in [0.1, 0.15) is 16.3 Å². The number of nitrogen functional groups attached to an aromatic ring is 1. The maximum absolute atomic E-state index is 14.5. The smallest absolute Gasteiger partial charge is 0.224 e. The van der Waals surface area contributed by atoms with Crippen LogP contribution in [0.4, 0.5) is 14.6 Å². The van der Waals surface area contributed by atoms with Gasteiger partial charge in [0, 0.05) is 45.0 Å². The number of pyridine rings is 2. The molecule has 1 aliphatic heterocycles. The fraction of sp³-hybridized carbons (Fsp3) is 0.455. The van der Waals surface area contributed by atoms with E-state index in [1.54, 1.807) is 13.8 Å². The van der Waals surface area contributed by atoms with Gasteiger partial charge in [0.05, 0.1) is 29.3 Å². The number of hydrogen-bond donors (Lipinski definition) is 1. The number of hydrogen-bond acceptors (Lipinski definition) is 8. The average molecular weight is 495 g/mol. The van der Waals surface area contributed by atoms with Crippen LogP contribution in [-0.2, 0) is 9.84 Å². The van der Waals surface area contributed by atoms with Crippen LogP contribution < -0.4 is 10.5 Å². The molecule has 184 valence electrons. The molecule has 4 heterocycles. The standard InChI is InChI=1S/C22H28F2N6O3S/c1-22(2,13-29-7-5-28(3)6-8-29)34(31,32)18-12-30-16(11-26-19(30)10-17(18)33-4)14-9-15(23)21(25)27-20(14)24/h9-12H,5-8,13H2,1-4H3,(H2,25,27). The molecule has 34 heavy (non-hydrogen) atoms. The maximum atomic E-state index is 14.5. The quantitative estimate of drug-likeness (QED) is 0.519. The second-order valence-corrected chi connectivity index (χ2v) is 11.7. The van der Waals surface area contributed by atoms with Gasteiger partial charge in [0.25, 0.3) is 0 Å². The van der Waals surface area contributed by atoms with E-state index in [9.17, 15) is 17.2 Å². The van der Waals surface area contributed by atoms with E-state index in [2.05, 4.69) is 19.8 Å². The van der Waals surface area contributed by atoms with Crippen molar-refractivity contribution in [3.05, 3.63) is 36.3 Å². The summed E-state index contributed by atoms with van der Waals surface area (Å²) in [6.07, 6.45) is 2.65. The van der Waals surface area contributed by atoms with Gasteiger partial charge in [0.2, 0.25) is 5.95 Å². The maximum Gasteiger partial charge on any atom is 0.224 e. The summed E-state index contributed by atoms with van der Waals surface area (Å²) in [5.74, 6) is -2.32. The Kier molecular flexibility index (Phi) is 6.25. The summed E-state index contributed by atoms with van der Waals surface area (Å²) < 4.78 is 61.9. The van der Waals surface area contributed by atoms with Crippen LogP contribution in [0.1, 0.15) is 13.8 Å². The van der Waals surface area contributed by atoms with Crippen molar-refractivity contribution in [3.63, 3.8) is 0 Å². The molecule has 0 aromatic carbocycles. The Labute approximate surface area is 197 Å². The zero-order chi connectivity index (χ0) is 24.8. The number of aromatic nitrogens is 3. The zero-order valence-electron chi connectivity index (χ0n) is 19.5. The molecule has 0 unspecified atom stereocenters. The first-order valence-electron chi connectivity index (χ1n) is 10.8. The highest BCUT2D eigenvalue weighted by molar-refractivity contribution is 7.93. The summed E-state index contributed by atoms with van der Waals surface area (Å²) >= 11 is 0. The van der Waals surface area contributed by atoms with Crippen LogP contribution in [0.15, 0.2) is 29.4 Å². The number of halogens is 2. The highest BCUT2D eigenvalue weighted by Crippen LogP contribution is 2.35. The number of methoxy groups -OCH3 is 1. The largest absolute Gasteiger partial charge is 0.495 e. The van der Waals surface area contributed by atoms with Crippen molar-refractivity contribution in [1.29, 1.82) is 0 Å². The number of nitrogens with two attached hydrogens (primary N) is 1. The molecule has 3 aromatic heterocycles. The third-order valence-corrected chi connectivity index (χ3v) is 8.71. The fourth-order valence-electron chi connectivity index (χ4n) is 4.13. The first kappa shape index (κ1) is 24.3. The van der Waals surface area contributed by atoms with Crippen molar-refractivity contribution in [2.24, 2.45) is 0 Å². The van der Waals surface area contributed by atoms with E-state index in [0.717, 1.165) is 32.2 Å². The second kappa shape index (κ2) is 8.75. The summed E-state index contributed by atoms with van der Waals surface area (Å²) in [6.45, 7) is 6.96. The van der Waals surface area contributed by atoms with Crippen molar-refractivity contribution >= 4 is 21.3 Å². The predicted molar refractivity (Wildman–Crippen MR) is 125 cm³/mol. The molecule has 12 heteroatoms. The molecule has 9 nitrogen and oxygen atoms in total. The van der Waals surface area contributed by atoms with E-state index in [1.807, 2.05) is 7.05 Å². The monoisotopic (exact) mass is 494 g/mol. The lowest BCUT2D eigenvalue weighted by molar-refractivity contribution is 0.145. The highest BCUT2D eigenvalue weighted by atomic mass is 32.2. The number of imidazole rings is 1. The van der Waals surface area contributed by atoms with Gasteiger partial charge >= 0.3 is 0 Å². The van der Waals surface area contributed by atoms with Crippen LogP contribution in [0.25, 0.3) is 16.9 Å². The van der Waals surface area contributed by atoms with Gasteiger partial charge in [-0.05, 0) is 27.0 Å². The van der Waals surface area contributed by atoms with Crippen molar-refractivity contribution < 1.29 is 21.9 Å². The van der Waals surface area contributed by atoms with E-state index >= 15 is 0 Å². The Morgan fingerprint density at radius 3 is 2.50 bits per heavy atom. The molecule has 0 bridgehead atoms. The molecule has 3 aromatic rings. The number of sulfone groups is 1. The molecule has 1 fully saturated rings. The van der Waals surface area contributed by atoms with Crippen LogP contribution in [0.2, 0.25) is 0 Å². The normalized spacial score (nSPS) is 16.3. The first-order valence-corrected chi connectivity index (χ1v) is 12.3. The molecule has 1 aliphatic rings. The Bertz CT molecular complexity index is 1330. The minimum Gasteiger partial charge on any atom is -0.495 e. The molecule has 0 atom stereocenters. The summed E-state index contributed by atoms with van der Waals surface area (Å²) in [7, 11) is -0.509. The lowest BCUT2D eigenvalue weighted by Gasteiger charge is -2.37. The van der Waals surface area contributed by atoms with Crippen molar-refractivity contribution in [2.75, 3.05) is 52.6 Å². The Balaban J connectivity index is 1.80. The highest BCUT2D eigenvalue weighted by Gasteiger charge is 2.40. The number of nitrogens with zero attached hydrogens (tertiary/aromatic N) is 5. The van der Waals surface area contributed by atoms with Crippen molar-refractivity contribution in [1.82, 2.24) is 24.2 Å². The van der Waals surface area contributed by atoms with E-state index in [0.29, 0.717) is 12.2 Å². The summed E-state index contributed by atoms with van der Waals surface area (Å²) in [6, 6.07) is 2.37. The third-order valence-electron chi connectivity index (χ3n) is 6.24. The van der Waals surface area contributed by atoms with Crippen LogP contribution in [0.5, 0.6) is 5.75 Å². The van der Waals surface area contributed by atoms with Crippen LogP contribution >= 0.6 is 0 Å². The van der Waals surface area contributed by atoms with Crippen molar-refractivity contribution in [2.45, 2.75) is 23.5 Å². The fourth-order valence-corrected chi connectivity index (χ4v) is 5.73. The third kappa shape index (κ3) is 4.21. The van der Waals surface area contributed by atoms with E-state index in [-0.39, 0.29) is 21.9 Å². The Hall–Kier alpha value is -2.83. The topological polar surface area (TPSA) is 106 Å². The minimum atomic E-state index is -3.92. The van der Waals surface area contributed by atoms with E-state index in [1.165, 1.54) is 30.0 Å². The first-order chi connectivity index (χ1) is 15.9. The summed E-state index contributed by atoms with van der Waals surface area (Å²) in [4.78, 5) is 11.9. The number of rotatable bonds is 6. The summed E-state index contributed by atoms with van der Waals surface area (Å²) in [5, 5.41) is 0. The molecule has 0 aliphatic carbocycles. The van der Waals surface area contributed by atoms with Crippen LogP contribution in [0, 0.1) is 11.8 Å². The average Bonchev–Trinajstić information content (AvgIpc) is 3.19. The van der Waals surface area contributed by atoms with Gasteiger partial charge in [-0.2, -0.15) is 9.37 Å². The molecular weight excluding hydrogens is 466 g/mol. The lowest BCUT2D eigenvalue weighted by atomic mass is 10.2. The number of ether oxygens (including phenoxy) is 1. The SMILES string of the molecule is COc1cc2ncc(-c3cc(F)c(N)nc3F)n2cc1S(=O)(=O)C(C)(C)CN1CCN(C)CC1. The number of piperazine rings is 1. The van der Waals surface area contributed by atoms with Gasteiger partial charge in [-0.3, -0.25) is 9.30 Å². The van der Waals surface area contributed by atoms with Gasteiger partial charge in [-0.15, -0.1) is 0 Å². The summed E-state index contributed by atoms with van der Waals surface area (Å²) in [5.41, 5.74) is 5.60. The minimum absolute atomic E-state index is 0.0647. The molecule has 0 spiro atoms. The second-order valence-electron chi connectivity index (χ2n) is 9.11. The molecule has 0 saturated carbocycles. The Morgan fingerprint density at radius 2 is 1.85 bits per heavy atom. The molecule has 4 rings (SSSR count). The zero-order valence-corrected chi connectivity index (χ0v) is 20.4. The van der Waals surface area contributed by atoms with Crippen molar-refractivity contribution in [3.8, 4) is 17.0 Å². The van der Waals surface area contributed by atoms with Gasteiger partial charge in [-0.1, -0.05) is 0 Å². The molecule has 0 radical (unpaired) electrons. The molecule has 0 amide bonds. The molecular formula is C22H28F2N6O3S.